The number of rotatable bonds is 14. The number of unbranched alkanes of at least 4 members (excludes halogenated alkanes) is 6. The number of alkyl halides is 3. The molecule has 0 heterocycles. The Bertz CT molecular complexity index is 731. The molecule has 0 unspecified atom stereocenters. The number of amides is 1. The molecule has 0 aromatic heterocycles. The highest BCUT2D eigenvalue weighted by Crippen LogP contribution is 2.33. The minimum absolute atomic E-state index is 0.103. The Kier molecular flexibility index (Phi) is 12.0. The Morgan fingerprint density at radius 3 is 2.32 bits per heavy atom. The summed E-state index contributed by atoms with van der Waals surface area (Å²) in [5, 5.41) is 21.6. The average Bonchev–Trinajstić information content (AvgIpc) is 2.71. The monoisotopic (exact) mass is 458 g/mol. The first-order chi connectivity index (χ1) is 14.6. The molecule has 1 amide bonds. The van der Waals surface area contributed by atoms with Crippen LogP contribution in [0.25, 0.3) is 0 Å². The van der Waals surface area contributed by atoms with Gasteiger partial charge in [0.2, 0.25) is 0 Å². The van der Waals surface area contributed by atoms with E-state index in [0.29, 0.717) is 12.5 Å². The first kappa shape index (κ1) is 27.3. The predicted octanol–water partition coefficient (Wildman–Crippen LogP) is 6.53. The molecule has 0 radical (unpaired) electrons. The van der Waals surface area contributed by atoms with Crippen molar-refractivity contribution in [3.05, 3.63) is 29.3 Å². The highest BCUT2D eigenvalue weighted by atomic mass is 32.2. The first-order valence-electron chi connectivity index (χ1n) is 10.8. The van der Waals surface area contributed by atoms with Gasteiger partial charge in [-0.3, -0.25) is 4.79 Å². The van der Waals surface area contributed by atoms with Crippen molar-refractivity contribution in [1.29, 1.82) is 5.26 Å². The van der Waals surface area contributed by atoms with Crippen LogP contribution in [0.4, 0.5) is 18.9 Å². The lowest BCUT2D eigenvalue weighted by Gasteiger charge is -2.22. The zero-order chi connectivity index (χ0) is 23.3. The molecule has 0 spiro atoms. The molecule has 0 saturated heterocycles. The molecule has 174 valence electrons. The fraction of sp³-hybridized carbons (Fsp3) is 0.652. The summed E-state index contributed by atoms with van der Waals surface area (Å²) in [6.07, 6.45) is 4.11. The molecule has 8 heteroatoms. The zero-order valence-corrected chi connectivity index (χ0v) is 19.2. The van der Waals surface area contributed by atoms with Crippen molar-refractivity contribution in [3.63, 3.8) is 0 Å². The Balaban J connectivity index is 2.38. The van der Waals surface area contributed by atoms with Crippen LogP contribution in [0.1, 0.15) is 82.8 Å². The quantitative estimate of drug-likeness (QED) is 0.311. The van der Waals surface area contributed by atoms with Crippen LogP contribution in [0.5, 0.6) is 0 Å². The molecule has 1 aromatic rings. The lowest BCUT2D eigenvalue weighted by Crippen LogP contribution is -2.40. The maximum absolute atomic E-state index is 13.1. The predicted molar refractivity (Wildman–Crippen MR) is 120 cm³/mol. The highest BCUT2D eigenvalue weighted by Gasteiger charge is 2.35. The molecule has 1 atom stereocenters. The van der Waals surface area contributed by atoms with Gasteiger partial charge in [-0.1, -0.05) is 45.4 Å². The minimum Gasteiger partial charge on any atom is -0.380 e. The summed E-state index contributed by atoms with van der Waals surface area (Å²) in [6, 6.07) is 4.44. The SMILES string of the molecule is CCCCSCCCCCCCC[C@](C)(O)C(=O)Nc1ccc(C#N)c(C(F)(F)F)c1. The van der Waals surface area contributed by atoms with Crippen LogP contribution >= 0.6 is 11.8 Å². The van der Waals surface area contributed by atoms with E-state index in [1.54, 1.807) is 0 Å². The summed E-state index contributed by atoms with van der Waals surface area (Å²) >= 11 is 2.00. The van der Waals surface area contributed by atoms with Gasteiger partial charge in [0.1, 0.15) is 5.60 Å². The summed E-state index contributed by atoms with van der Waals surface area (Å²) in [5.41, 5.74) is -3.41. The van der Waals surface area contributed by atoms with E-state index in [9.17, 15) is 23.1 Å². The Morgan fingerprint density at radius 1 is 1.10 bits per heavy atom. The van der Waals surface area contributed by atoms with E-state index in [1.165, 1.54) is 56.2 Å². The average molecular weight is 459 g/mol. The van der Waals surface area contributed by atoms with Gasteiger partial charge in [0.15, 0.2) is 0 Å². The summed E-state index contributed by atoms with van der Waals surface area (Å²) in [5.74, 6) is 1.67. The Morgan fingerprint density at radius 2 is 1.71 bits per heavy atom. The second-order valence-electron chi connectivity index (χ2n) is 7.94. The molecule has 0 aliphatic rings. The number of benzene rings is 1. The van der Waals surface area contributed by atoms with Crippen LogP contribution in [0.15, 0.2) is 18.2 Å². The fourth-order valence-corrected chi connectivity index (χ4v) is 4.17. The molecule has 2 N–H and O–H groups in total. The Labute approximate surface area is 187 Å². The first-order valence-corrected chi connectivity index (χ1v) is 12.0. The molecule has 0 aliphatic heterocycles. The van der Waals surface area contributed by atoms with Gasteiger partial charge in [-0.05, 0) is 55.9 Å². The van der Waals surface area contributed by atoms with E-state index < -0.39 is 28.8 Å². The maximum atomic E-state index is 13.1. The van der Waals surface area contributed by atoms with E-state index in [4.69, 9.17) is 5.26 Å². The number of hydrogen-bond acceptors (Lipinski definition) is 4. The van der Waals surface area contributed by atoms with Crippen molar-refractivity contribution < 1.29 is 23.1 Å². The summed E-state index contributed by atoms with van der Waals surface area (Å²) in [6.45, 7) is 3.56. The van der Waals surface area contributed by atoms with Crippen LogP contribution in [0, 0.1) is 11.3 Å². The van der Waals surface area contributed by atoms with Gasteiger partial charge < -0.3 is 10.4 Å². The lowest BCUT2D eigenvalue weighted by molar-refractivity contribution is -0.138. The number of carbonyl (C=O) groups excluding carboxylic acids is 1. The molecule has 1 rings (SSSR count). The zero-order valence-electron chi connectivity index (χ0n) is 18.4. The van der Waals surface area contributed by atoms with Crippen LogP contribution < -0.4 is 5.32 Å². The van der Waals surface area contributed by atoms with Gasteiger partial charge in [0, 0.05) is 5.69 Å². The second kappa shape index (κ2) is 13.6. The fourth-order valence-electron chi connectivity index (χ4n) is 3.06. The minimum atomic E-state index is -4.71. The van der Waals surface area contributed by atoms with Gasteiger partial charge in [-0.2, -0.15) is 30.2 Å². The number of aliphatic hydroxyl groups is 1. The van der Waals surface area contributed by atoms with Crippen molar-refractivity contribution in [1.82, 2.24) is 0 Å². The molecule has 0 aliphatic carbocycles. The number of nitrogens with one attached hydrogen (secondary N) is 1. The van der Waals surface area contributed by atoms with Gasteiger partial charge in [0.25, 0.3) is 5.91 Å². The number of carbonyl (C=O) groups is 1. The summed E-state index contributed by atoms with van der Waals surface area (Å²) in [7, 11) is 0. The Hall–Kier alpha value is -1.72. The molecule has 0 saturated carbocycles. The van der Waals surface area contributed by atoms with Crippen LogP contribution in [0.2, 0.25) is 0 Å². The summed E-state index contributed by atoms with van der Waals surface area (Å²) < 4.78 is 39.2. The van der Waals surface area contributed by atoms with Gasteiger partial charge in [0.05, 0.1) is 17.2 Å². The molecule has 1 aromatic carbocycles. The smallest absolute Gasteiger partial charge is 0.380 e. The van der Waals surface area contributed by atoms with E-state index in [2.05, 4.69) is 12.2 Å². The second-order valence-corrected chi connectivity index (χ2v) is 9.16. The lowest BCUT2D eigenvalue weighted by atomic mass is 9.96. The number of hydrogen-bond donors (Lipinski definition) is 2. The third kappa shape index (κ3) is 10.4. The van der Waals surface area contributed by atoms with Crippen molar-refractivity contribution in [3.8, 4) is 6.07 Å². The van der Waals surface area contributed by atoms with Gasteiger partial charge in [-0.25, -0.2) is 0 Å². The third-order valence-electron chi connectivity index (χ3n) is 5.04. The van der Waals surface area contributed by atoms with E-state index >= 15 is 0 Å². The van der Waals surface area contributed by atoms with Crippen molar-refractivity contribution >= 4 is 23.4 Å². The van der Waals surface area contributed by atoms with E-state index in [0.717, 1.165) is 25.3 Å². The maximum Gasteiger partial charge on any atom is 0.417 e. The van der Waals surface area contributed by atoms with Crippen LogP contribution in [-0.2, 0) is 11.0 Å². The summed E-state index contributed by atoms with van der Waals surface area (Å²) in [4.78, 5) is 12.4. The largest absolute Gasteiger partial charge is 0.417 e. The van der Waals surface area contributed by atoms with E-state index in [1.807, 2.05) is 11.8 Å². The molecule has 0 fully saturated rings. The van der Waals surface area contributed by atoms with Gasteiger partial charge in [-0.15, -0.1) is 0 Å². The van der Waals surface area contributed by atoms with Crippen molar-refractivity contribution in [2.45, 2.75) is 83.4 Å². The molecule has 0 bridgehead atoms. The standard InChI is InChI=1S/C23H33F3N2O2S/c1-3-4-14-31-15-10-8-6-5-7-9-13-22(2,30)21(29)28-19-12-11-18(17-27)20(16-19)23(24,25)26/h11-12,16,30H,3-10,13-15H2,1-2H3,(H,28,29)/t22-/m0/s1. The number of nitrogens with zero attached hydrogens (tertiary/aromatic N) is 1. The van der Waals surface area contributed by atoms with E-state index in [-0.39, 0.29) is 12.1 Å². The molecule has 31 heavy (non-hydrogen) atoms. The number of anilines is 1. The number of nitriles is 1. The third-order valence-corrected chi connectivity index (χ3v) is 6.19. The van der Waals surface area contributed by atoms with Crippen LogP contribution in [0.3, 0.4) is 0 Å². The number of thioether (sulfide) groups is 1. The normalized spacial score (nSPS) is 13.5. The highest BCUT2D eigenvalue weighted by molar-refractivity contribution is 7.99. The topological polar surface area (TPSA) is 73.1 Å². The molecule has 4 nitrogen and oxygen atoms in total. The molecular weight excluding hydrogens is 425 g/mol. The van der Waals surface area contributed by atoms with Crippen molar-refractivity contribution in [2.24, 2.45) is 0 Å². The molecular formula is C23H33F3N2O2S. The number of halogens is 3. The van der Waals surface area contributed by atoms with Crippen molar-refractivity contribution in [2.75, 3.05) is 16.8 Å². The van der Waals surface area contributed by atoms with Gasteiger partial charge >= 0.3 is 6.18 Å². The van der Waals surface area contributed by atoms with Crippen LogP contribution in [-0.4, -0.2) is 28.1 Å².